The van der Waals surface area contributed by atoms with Gasteiger partial charge in [0.1, 0.15) is 5.75 Å². The Kier molecular flexibility index (Phi) is 3.09. The molecule has 0 unspecified atom stereocenters. The number of rotatable bonds is 3. The molecule has 3 heteroatoms. The summed E-state index contributed by atoms with van der Waals surface area (Å²) in [6.07, 6.45) is 1.47. The van der Waals surface area contributed by atoms with Gasteiger partial charge in [0.2, 0.25) is 5.60 Å². The van der Waals surface area contributed by atoms with Crippen LogP contribution in [0.4, 0.5) is 0 Å². The number of hydrogen-bond donors (Lipinski definition) is 0. The third-order valence-electron chi connectivity index (χ3n) is 3.30. The molecule has 98 valence electrons. The van der Waals surface area contributed by atoms with Crippen molar-refractivity contribution in [3.63, 3.8) is 0 Å². The largest absolute Gasteiger partial charge is 0.476 e. The zero-order valence-corrected chi connectivity index (χ0v) is 11.4. The number of carbonyl (C=O) groups is 1. The monoisotopic (exact) mass is 248 g/mol. The molecule has 18 heavy (non-hydrogen) atoms. The normalized spacial score (nSPS) is 17.1. The summed E-state index contributed by atoms with van der Waals surface area (Å²) in [6.45, 7) is 6.50. The molecule has 0 heterocycles. The summed E-state index contributed by atoms with van der Waals surface area (Å²) in [5, 5.41) is 0. The second-order valence-electron chi connectivity index (χ2n) is 5.86. The summed E-state index contributed by atoms with van der Waals surface area (Å²) >= 11 is 0. The maximum absolute atomic E-state index is 11.6. The highest BCUT2D eigenvalue weighted by Gasteiger charge is 2.54. The van der Waals surface area contributed by atoms with Gasteiger partial charge in [-0.1, -0.05) is 32.9 Å². The van der Waals surface area contributed by atoms with Gasteiger partial charge in [0, 0.05) is 12.8 Å². The van der Waals surface area contributed by atoms with Crippen molar-refractivity contribution in [1.82, 2.24) is 0 Å². The molecule has 0 aliphatic heterocycles. The van der Waals surface area contributed by atoms with Gasteiger partial charge in [0.05, 0.1) is 7.11 Å². The molecule has 0 amide bonds. The Bertz CT molecular complexity index is 436. The molecule has 0 radical (unpaired) electrons. The zero-order valence-electron chi connectivity index (χ0n) is 11.4. The van der Waals surface area contributed by atoms with Crippen LogP contribution in [0, 0.1) is 0 Å². The number of benzene rings is 1. The van der Waals surface area contributed by atoms with Crippen LogP contribution in [-0.4, -0.2) is 18.7 Å². The van der Waals surface area contributed by atoms with E-state index < -0.39 is 5.60 Å². The van der Waals surface area contributed by atoms with E-state index >= 15 is 0 Å². The van der Waals surface area contributed by atoms with Crippen LogP contribution < -0.4 is 4.74 Å². The van der Waals surface area contributed by atoms with Crippen molar-refractivity contribution in [2.75, 3.05) is 7.11 Å². The average molecular weight is 248 g/mol. The number of carbonyl (C=O) groups excluding carboxylic acids is 1. The van der Waals surface area contributed by atoms with Gasteiger partial charge in [0.15, 0.2) is 0 Å². The van der Waals surface area contributed by atoms with Crippen LogP contribution in [0.15, 0.2) is 24.3 Å². The fourth-order valence-electron chi connectivity index (χ4n) is 1.90. The smallest absolute Gasteiger partial charge is 0.350 e. The molecular formula is C15H20O3. The van der Waals surface area contributed by atoms with Crippen LogP contribution in [0.5, 0.6) is 5.75 Å². The molecule has 0 spiro atoms. The first-order chi connectivity index (χ1) is 8.37. The molecule has 0 atom stereocenters. The predicted molar refractivity (Wildman–Crippen MR) is 69.8 cm³/mol. The zero-order chi connectivity index (χ0) is 13.4. The SMILES string of the molecule is COC(=O)C1(Oc2ccc(C(C)(C)C)cc2)CC1. The van der Waals surface area contributed by atoms with Gasteiger partial charge in [-0.2, -0.15) is 0 Å². The quantitative estimate of drug-likeness (QED) is 0.771. The van der Waals surface area contributed by atoms with Gasteiger partial charge in [0.25, 0.3) is 0 Å². The standard InChI is InChI=1S/C15H20O3/c1-14(2,3)11-5-7-12(8-6-11)18-15(9-10-15)13(16)17-4/h5-8H,9-10H2,1-4H3. The van der Waals surface area contributed by atoms with Gasteiger partial charge in [-0.3, -0.25) is 0 Å². The molecule has 1 aromatic carbocycles. The van der Waals surface area contributed by atoms with Crippen LogP contribution in [-0.2, 0) is 14.9 Å². The Morgan fingerprint density at radius 2 is 1.72 bits per heavy atom. The van der Waals surface area contributed by atoms with Crippen molar-refractivity contribution in [3.8, 4) is 5.75 Å². The lowest BCUT2D eigenvalue weighted by molar-refractivity contribution is -0.151. The molecule has 0 saturated heterocycles. The van der Waals surface area contributed by atoms with Crippen LogP contribution in [0.2, 0.25) is 0 Å². The summed E-state index contributed by atoms with van der Waals surface area (Å²) in [6, 6.07) is 7.93. The van der Waals surface area contributed by atoms with E-state index in [-0.39, 0.29) is 11.4 Å². The maximum Gasteiger partial charge on any atom is 0.350 e. The second-order valence-corrected chi connectivity index (χ2v) is 5.86. The average Bonchev–Trinajstić information content (AvgIpc) is 3.08. The predicted octanol–water partition coefficient (Wildman–Crippen LogP) is 3.07. The minimum atomic E-state index is -0.724. The van der Waals surface area contributed by atoms with Crippen molar-refractivity contribution in [2.45, 2.75) is 44.6 Å². The Morgan fingerprint density at radius 3 is 2.11 bits per heavy atom. The molecule has 0 bridgehead atoms. The summed E-state index contributed by atoms with van der Waals surface area (Å²) in [4.78, 5) is 11.6. The van der Waals surface area contributed by atoms with Crippen LogP contribution in [0.25, 0.3) is 0 Å². The van der Waals surface area contributed by atoms with E-state index in [2.05, 4.69) is 20.8 Å². The third-order valence-corrected chi connectivity index (χ3v) is 3.30. The molecule has 1 aliphatic carbocycles. The first-order valence-electron chi connectivity index (χ1n) is 6.25. The highest BCUT2D eigenvalue weighted by atomic mass is 16.6. The molecule has 2 rings (SSSR count). The lowest BCUT2D eigenvalue weighted by Crippen LogP contribution is -2.30. The minimum Gasteiger partial charge on any atom is -0.476 e. The Morgan fingerprint density at radius 1 is 1.17 bits per heavy atom. The molecule has 1 saturated carbocycles. The Labute approximate surface area is 108 Å². The summed E-state index contributed by atoms with van der Waals surface area (Å²) in [5.74, 6) is 0.452. The lowest BCUT2D eigenvalue weighted by Gasteiger charge is -2.20. The Balaban J connectivity index is 2.10. The highest BCUT2D eigenvalue weighted by molar-refractivity contribution is 5.83. The topological polar surface area (TPSA) is 35.5 Å². The van der Waals surface area contributed by atoms with E-state index in [0.717, 1.165) is 18.6 Å². The Hall–Kier alpha value is -1.51. The van der Waals surface area contributed by atoms with Crippen molar-refractivity contribution >= 4 is 5.97 Å². The highest BCUT2D eigenvalue weighted by Crippen LogP contribution is 2.41. The van der Waals surface area contributed by atoms with E-state index in [1.54, 1.807) is 0 Å². The molecule has 0 aromatic heterocycles. The van der Waals surface area contributed by atoms with E-state index in [4.69, 9.17) is 9.47 Å². The van der Waals surface area contributed by atoms with Crippen LogP contribution in [0.1, 0.15) is 39.2 Å². The minimum absolute atomic E-state index is 0.123. The van der Waals surface area contributed by atoms with Crippen molar-refractivity contribution in [3.05, 3.63) is 29.8 Å². The summed E-state index contributed by atoms with van der Waals surface area (Å²) in [5.41, 5.74) is 0.647. The van der Waals surface area contributed by atoms with Crippen LogP contribution >= 0.6 is 0 Å². The van der Waals surface area contributed by atoms with E-state index in [1.807, 2.05) is 24.3 Å². The fraction of sp³-hybridized carbons (Fsp3) is 0.533. The molecule has 3 nitrogen and oxygen atoms in total. The van der Waals surface area contributed by atoms with E-state index in [1.165, 1.54) is 12.7 Å². The van der Waals surface area contributed by atoms with E-state index in [9.17, 15) is 4.79 Å². The van der Waals surface area contributed by atoms with Gasteiger partial charge in [-0.25, -0.2) is 4.79 Å². The second kappa shape index (κ2) is 4.30. The van der Waals surface area contributed by atoms with Gasteiger partial charge < -0.3 is 9.47 Å². The molecule has 1 aromatic rings. The van der Waals surface area contributed by atoms with Crippen molar-refractivity contribution in [2.24, 2.45) is 0 Å². The number of ether oxygens (including phenoxy) is 2. The third kappa shape index (κ3) is 2.50. The number of methoxy groups -OCH3 is 1. The maximum atomic E-state index is 11.6. The number of hydrogen-bond acceptors (Lipinski definition) is 3. The van der Waals surface area contributed by atoms with Crippen molar-refractivity contribution in [1.29, 1.82) is 0 Å². The summed E-state index contributed by atoms with van der Waals surface area (Å²) < 4.78 is 10.5. The van der Waals surface area contributed by atoms with Crippen LogP contribution in [0.3, 0.4) is 0 Å². The van der Waals surface area contributed by atoms with Gasteiger partial charge in [-0.15, -0.1) is 0 Å². The first kappa shape index (κ1) is 12.9. The molecule has 1 fully saturated rings. The summed E-state index contributed by atoms with van der Waals surface area (Å²) in [7, 11) is 1.40. The molecule has 1 aliphatic rings. The fourth-order valence-corrected chi connectivity index (χ4v) is 1.90. The van der Waals surface area contributed by atoms with E-state index in [0.29, 0.717) is 0 Å². The first-order valence-corrected chi connectivity index (χ1v) is 6.25. The number of esters is 1. The van der Waals surface area contributed by atoms with Gasteiger partial charge >= 0.3 is 5.97 Å². The lowest BCUT2D eigenvalue weighted by atomic mass is 9.87. The van der Waals surface area contributed by atoms with Gasteiger partial charge in [-0.05, 0) is 23.1 Å². The molecular weight excluding hydrogens is 228 g/mol. The molecule has 0 N–H and O–H groups in total. The van der Waals surface area contributed by atoms with Crippen molar-refractivity contribution < 1.29 is 14.3 Å².